The van der Waals surface area contributed by atoms with E-state index in [1.165, 1.54) is 21.9 Å². The molecule has 0 bridgehead atoms. The monoisotopic (exact) mass is 335 g/mol. The zero-order chi connectivity index (χ0) is 17.8. The Balaban J connectivity index is 2.02. The van der Waals surface area contributed by atoms with Crippen molar-refractivity contribution in [3.63, 3.8) is 0 Å². The van der Waals surface area contributed by atoms with Crippen LogP contribution in [0.5, 0.6) is 11.5 Å². The molecular weight excluding hydrogens is 310 g/mol. The van der Waals surface area contributed by atoms with Gasteiger partial charge in [0.05, 0.1) is 14.2 Å². The van der Waals surface area contributed by atoms with Gasteiger partial charge in [0.1, 0.15) is 11.5 Å². The van der Waals surface area contributed by atoms with Crippen molar-refractivity contribution in [2.75, 3.05) is 20.8 Å². The van der Waals surface area contributed by atoms with Gasteiger partial charge in [-0.3, -0.25) is 0 Å². The molecule has 130 valence electrons. The number of nitrogens with two attached hydrogens (primary N) is 1. The summed E-state index contributed by atoms with van der Waals surface area (Å²) in [5.41, 5.74) is 9.71. The zero-order valence-electron chi connectivity index (χ0n) is 15.1. The lowest BCUT2D eigenvalue weighted by molar-refractivity contribution is 0.408. The third-order valence-electron chi connectivity index (χ3n) is 4.84. The summed E-state index contributed by atoms with van der Waals surface area (Å²) in [6.45, 7) is 2.65. The van der Waals surface area contributed by atoms with Crippen molar-refractivity contribution >= 4 is 10.8 Å². The second kappa shape index (κ2) is 7.58. The molecule has 0 heterocycles. The van der Waals surface area contributed by atoms with Crippen LogP contribution >= 0.6 is 0 Å². The van der Waals surface area contributed by atoms with Crippen molar-refractivity contribution in [2.24, 2.45) is 5.73 Å². The third kappa shape index (κ3) is 3.47. The normalized spacial score (nSPS) is 12.2. The van der Waals surface area contributed by atoms with Crippen molar-refractivity contribution in [2.45, 2.75) is 19.3 Å². The van der Waals surface area contributed by atoms with Crippen LogP contribution in [0.4, 0.5) is 0 Å². The van der Waals surface area contributed by atoms with Crippen molar-refractivity contribution in [1.29, 1.82) is 0 Å². The number of hydrogen-bond donors (Lipinski definition) is 1. The summed E-state index contributed by atoms with van der Waals surface area (Å²) in [5.74, 6) is 2.05. The van der Waals surface area contributed by atoms with E-state index in [1.54, 1.807) is 14.2 Å². The summed E-state index contributed by atoms with van der Waals surface area (Å²) in [5, 5.41) is 2.45. The maximum absolute atomic E-state index is 6.14. The number of benzene rings is 3. The number of rotatable bonds is 6. The van der Waals surface area contributed by atoms with Gasteiger partial charge in [-0.1, -0.05) is 42.5 Å². The van der Waals surface area contributed by atoms with Crippen molar-refractivity contribution in [3.8, 4) is 11.5 Å². The first-order valence-electron chi connectivity index (χ1n) is 8.57. The Hall–Kier alpha value is -2.52. The molecular formula is C22H25NO2. The van der Waals surface area contributed by atoms with Crippen molar-refractivity contribution < 1.29 is 9.47 Å². The molecule has 3 heteroatoms. The minimum absolute atomic E-state index is 0.226. The maximum Gasteiger partial charge on any atom is 0.122 e. The first kappa shape index (κ1) is 17.3. The van der Waals surface area contributed by atoms with Gasteiger partial charge in [0.2, 0.25) is 0 Å². The number of methoxy groups -OCH3 is 2. The van der Waals surface area contributed by atoms with E-state index in [1.807, 2.05) is 12.1 Å². The highest BCUT2D eigenvalue weighted by atomic mass is 16.5. The largest absolute Gasteiger partial charge is 0.496 e. The predicted molar refractivity (Wildman–Crippen MR) is 104 cm³/mol. The Bertz CT molecular complexity index is 873. The SMILES string of the molecule is COc1ccc(C(CN)Cc2c(OC)ccc3ccccc23)cc1C. The highest BCUT2D eigenvalue weighted by Crippen LogP contribution is 2.33. The Morgan fingerprint density at radius 2 is 1.64 bits per heavy atom. The quantitative estimate of drug-likeness (QED) is 0.724. The number of fused-ring (bicyclic) bond motifs is 1. The molecule has 3 aromatic carbocycles. The van der Waals surface area contributed by atoms with Gasteiger partial charge >= 0.3 is 0 Å². The second-order valence-electron chi connectivity index (χ2n) is 6.33. The smallest absolute Gasteiger partial charge is 0.122 e. The van der Waals surface area contributed by atoms with Gasteiger partial charge < -0.3 is 15.2 Å². The Labute approximate surface area is 149 Å². The van der Waals surface area contributed by atoms with E-state index in [9.17, 15) is 0 Å². The summed E-state index contributed by atoms with van der Waals surface area (Å²) in [4.78, 5) is 0. The van der Waals surface area contributed by atoms with Crippen LogP contribution in [-0.2, 0) is 6.42 Å². The number of hydrogen-bond acceptors (Lipinski definition) is 3. The first-order chi connectivity index (χ1) is 12.2. The molecule has 1 unspecified atom stereocenters. The van der Waals surface area contributed by atoms with Crippen LogP contribution < -0.4 is 15.2 Å². The van der Waals surface area contributed by atoms with Crippen LogP contribution in [0.15, 0.2) is 54.6 Å². The Morgan fingerprint density at radius 1 is 0.920 bits per heavy atom. The summed E-state index contributed by atoms with van der Waals surface area (Å²) in [7, 11) is 3.42. The lowest BCUT2D eigenvalue weighted by Crippen LogP contribution is -2.16. The first-order valence-corrected chi connectivity index (χ1v) is 8.57. The van der Waals surface area contributed by atoms with E-state index in [0.717, 1.165) is 23.5 Å². The van der Waals surface area contributed by atoms with Crippen LogP contribution in [0, 0.1) is 6.92 Å². The molecule has 1 atom stereocenters. The molecule has 0 amide bonds. The molecule has 0 spiro atoms. The highest BCUT2D eigenvalue weighted by Gasteiger charge is 2.17. The van der Waals surface area contributed by atoms with Gasteiger partial charge in [0.15, 0.2) is 0 Å². The van der Waals surface area contributed by atoms with Crippen LogP contribution in [0.1, 0.15) is 22.6 Å². The van der Waals surface area contributed by atoms with Crippen LogP contribution in [0.2, 0.25) is 0 Å². The van der Waals surface area contributed by atoms with Gasteiger partial charge in [0, 0.05) is 11.5 Å². The van der Waals surface area contributed by atoms with E-state index in [2.05, 4.69) is 49.4 Å². The molecule has 3 rings (SSSR count). The molecule has 0 saturated carbocycles. The average molecular weight is 335 g/mol. The molecule has 25 heavy (non-hydrogen) atoms. The van der Waals surface area contributed by atoms with Gasteiger partial charge in [-0.15, -0.1) is 0 Å². The zero-order valence-corrected chi connectivity index (χ0v) is 15.1. The summed E-state index contributed by atoms with van der Waals surface area (Å²) in [6, 6.07) is 18.9. The molecule has 0 aromatic heterocycles. The fourth-order valence-corrected chi connectivity index (χ4v) is 3.46. The van der Waals surface area contributed by atoms with E-state index in [-0.39, 0.29) is 5.92 Å². The van der Waals surface area contributed by atoms with Crippen LogP contribution in [0.3, 0.4) is 0 Å². The number of aryl methyl sites for hydroxylation is 1. The van der Waals surface area contributed by atoms with E-state index in [0.29, 0.717) is 6.54 Å². The molecule has 0 radical (unpaired) electrons. The van der Waals surface area contributed by atoms with Gasteiger partial charge in [-0.2, -0.15) is 0 Å². The lowest BCUT2D eigenvalue weighted by atomic mass is 9.88. The van der Waals surface area contributed by atoms with E-state index in [4.69, 9.17) is 15.2 Å². The topological polar surface area (TPSA) is 44.5 Å². The van der Waals surface area contributed by atoms with Gasteiger partial charge in [-0.25, -0.2) is 0 Å². The second-order valence-corrected chi connectivity index (χ2v) is 6.33. The Kier molecular flexibility index (Phi) is 5.25. The van der Waals surface area contributed by atoms with Crippen LogP contribution in [0.25, 0.3) is 10.8 Å². The minimum Gasteiger partial charge on any atom is -0.496 e. The molecule has 0 aliphatic rings. The molecule has 3 aromatic rings. The average Bonchev–Trinajstić information content (AvgIpc) is 2.65. The fourth-order valence-electron chi connectivity index (χ4n) is 3.46. The number of ether oxygens (including phenoxy) is 2. The summed E-state index contributed by atoms with van der Waals surface area (Å²) in [6.07, 6.45) is 0.840. The Morgan fingerprint density at radius 3 is 2.32 bits per heavy atom. The van der Waals surface area contributed by atoms with E-state index < -0.39 is 0 Å². The molecule has 0 saturated heterocycles. The van der Waals surface area contributed by atoms with Crippen molar-refractivity contribution in [1.82, 2.24) is 0 Å². The molecule has 0 aliphatic heterocycles. The van der Waals surface area contributed by atoms with Gasteiger partial charge in [0.25, 0.3) is 0 Å². The third-order valence-corrected chi connectivity index (χ3v) is 4.84. The molecule has 0 fully saturated rings. The minimum atomic E-state index is 0.226. The van der Waals surface area contributed by atoms with Gasteiger partial charge in [-0.05, 0) is 53.9 Å². The lowest BCUT2D eigenvalue weighted by Gasteiger charge is -2.20. The maximum atomic E-state index is 6.14. The highest BCUT2D eigenvalue weighted by molar-refractivity contribution is 5.87. The standard InChI is InChI=1S/C22H25NO2/c1-15-12-17(9-10-21(15)24-2)18(14-23)13-20-19-7-5-4-6-16(19)8-11-22(20)25-3/h4-12,18H,13-14,23H2,1-3H3. The summed E-state index contributed by atoms with van der Waals surface area (Å²) < 4.78 is 11.0. The molecule has 3 nitrogen and oxygen atoms in total. The predicted octanol–water partition coefficient (Wildman–Crippen LogP) is 4.45. The summed E-state index contributed by atoms with van der Waals surface area (Å²) >= 11 is 0. The van der Waals surface area contributed by atoms with Crippen LogP contribution in [-0.4, -0.2) is 20.8 Å². The molecule has 0 aliphatic carbocycles. The van der Waals surface area contributed by atoms with Crippen molar-refractivity contribution in [3.05, 3.63) is 71.3 Å². The molecule has 2 N–H and O–H groups in total. The van der Waals surface area contributed by atoms with E-state index >= 15 is 0 Å². The fraction of sp³-hybridized carbons (Fsp3) is 0.273.